The molecule has 0 aliphatic heterocycles. The first-order valence-corrected chi connectivity index (χ1v) is 7.49. The van der Waals surface area contributed by atoms with Crippen LogP contribution in [0.25, 0.3) is 0 Å². The van der Waals surface area contributed by atoms with Gasteiger partial charge in [0.25, 0.3) is 0 Å². The Hall–Kier alpha value is -2.44. The van der Waals surface area contributed by atoms with Crippen LogP contribution in [0.2, 0.25) is 10.0 Å². The van der Waals surface area contributed by atoms with Gasteiger partial charge >= 0.3 is 12.0 Å². The summed E-state index contributed by atoms with van der Waals surface area (Å²) in [6, 6.07) is 8.65. The van der Waals surface area contributed by atoms with Crippen LogP contribution in [0.1, 0.15) is 10.4 Å². The average molecular weight is 369 g/mol. The molecule has 2 N–H and O–H groups in total. The molecule has 2 rings (SSSR count). The van der Waals surface area contributed by atoms with Crippen molar-refractivity contribution in [3.8, 4) is 5.75 Å². The SMILES string of the molecule is COC(=O)c1ccc(Cl)c(NC(=O)Nc2cc(Cl)ccc2OC)c1. The molecular formula is C16H14Cl2N2O4. The summed E-state index contributed by atoms with van der Waals surface area (Å²) in [7, 11) is 2.74. The van der Waals surface area contributed by atoms with E-state index in [1.807, 2.05) is 0 Å². The molecule has 0 radical (unpaired) electrons. The summed E-state index contributed by atoms with van der Waals surface area (Å²) in [6.07, 6.45) is 0. The molecule has 0 saturated carbocycles. The van der Waals surface area contributed by atoms with Crippen LogP contribution in [-0.4, -0.2) is 26.2 Å². The van der Waals surface area contributed by atoms with Gasteiger partial charge in [0.2, 0.25) is 0 Å². The number of nitrogens with one attached hydrogen (secondary N) is 2. The van der Waals surface area contributed by atoms with Gasteiger partial charge in [-0.15, -0.1) is 0 Å². The number of esters is 1. The van der Waals surface area contributed by atoms with Gasteiger partial charge in [0.15, 0.2) is 0 Å². The standard InChI is InChI=1S/C16H14Cl2N2O4/c1-23-14-6-4-10(17)8-13(14)20-16(22)19-12-7-9(15(21)24-2)3-5-11(12)18/h3-8H,1-2H3,(H2,19,20,22). The summed E-state index contributed by atoms with van der Waals surface area (Å²) in [6.45, 7) is 0. The average Bonchev–Trinajstić information content (AvgIpc) is 2.56. The summed E-state index contributed by atoms with van der Waals surface area (Å²) in [5.74, 6) is -0.0874. The number of halogens is 2. The molecule has 0 spiro atoms. The van der Waals surface area contributed by atoms with Crippen molar-refractivity contribution in [2.45, 2.75) is 0 Å². The second kappa shape index (κ2) is 7.90. The monoisotopic (exact) mass is 368 g/mol. The highest BCUT2D eigenvalue weighted by atomic mass is 35.5. The first-order valence-electron chi connectivity index (χ1n) is 6.74. The fraction of sp³-hybridized carbons (Fsp3) is 0.125. The van der Waals surface area contributed by atoms with E-state index >= 15 is 0 Å². The maximum atomic E-state index is 12.2. The summed E-state index contributed by atoms with van der Waals surface area (Å²) >= 11 is 11.9. The lowest BCUT2D eigenvalue weighted by Gasteiger charge is -2.13. The normalized spacial score (nSPS) is 10.0. The zero-order valence-electron chi connectivity index (χ0n) is 12.9. The molecule has 2 aromatic carbocycles. The van der Waals surface area contributed by atoms with Crippen molar-refractivity contribution in [3.63, 3.8) is 0 Å². The number of anilines is 2. The van der Waals surface area contributed by atoms with Gasteiger partial charge in [-0.2, -0.15) is 0 Å². The molecule has 0 heterocycles. The molecule has 0 bridgehead atoms. The van der Waals surface area contributed by atoms with E-state index in [2.05, 4.69) is 15.4 Å². The molecule has 0 aromatic heterocycles. The number of ether oxygens (including phenoxy) is 2. The lowest BCUT2D eigenvalue weighted by atomic mass is 10.2. The zero-order chi connectivity index (χ0) is 17.7. The highest BCUT2D eigenvalue weighted by Gasteiger charge is 2.13. The van der Waals surface area contributed by atoms with Crippen molar-refractivity contribution in [2.75, 3.05) is 24.9 Å². The molecule has 6 nitrogen and oxygen atoms in total. The first-order chi connectivity index (χ1) is 11.4. The number of hydrogen-bond donors (Lipinski definition) is 2. The van der Waals surface area contributed by atoms with Gasteiger partial charge in [0.1, 0.15) is 5.75 Å². The molecule has 0 saturated heterocycles. The Balaban J connectivity index is 2.18. The molecule has 0 aliphatic carbocycles. The lowest BCUT2D eigenvalue weighted by molar-refractivity contribution is 0.0600. The van der Waals surface area contributed by atoms with E-state index in [1.54, 1.807) is 18.2 Å². The van der Waals surface area contributed by atoms with Gasteiger partial charge in [-0.3, -0.25) is 0 Å². The number of carbonyl (C=O) groups is 2. The molecule has 24 heavy (non-hydrogen) atoms. The minimum atomic E-state index is -0.570. The highest BCUT2D eigenvalue weighted by Crippen LogP contribution is 2.28. The van der Waals surface area contributed by atoms with E-state index in [-0.39, 0.29) is 16.3 Å². The van der Waals surface area contributed by atoms with E-state index in [4.69, 9.17) is 27.9 Å². The summed E-state index contributed by atoms with van der Waals surface area (Å²) in [5.41, 5.74) is 0.915. The number of benzene rings is 2. The summed E-state index contributed by atoms with van der Waals surface area (Å²) in [4.78, 5) is 23.7. The second-order valence-electron chi connectivity index (χ2n) is 4.61. The minimum absolute atomic E-state index is 0.262. The number of hydrogen-bond acceptors (Lipinski definition) is 4. The molecular weight excluding hydrogens is 355 g/mol. The Morgan fingerprint density at radius 2 is 1.67 bits per heavy atom. The van der Waals surface area contributed by atoms with Crippen LogP contribution < -0.4 is 15.4 Å². The smallest absolute Gasteiger partial charge is 0.337 e. The largest absolute Gasteiger partial charge is 0.495 e. The molecule has 0 aliphatic rings. The van der Waals surface area contributed by atoms with Gasteiger partial charge in [-0.25, -0.2) is 9.59 Å². The van der Waals surface area contributed by atoms with Crippen molar-refractivity contribution in [1.82, 2.24) is 0 Å². The van der Waals surface area contributed by atoms with Crippen molar-refractivity contribution in [3.05, 3.63) is 52.0 Å². The maximum Gasteiger partial charge on any atom is 0.337 e. The Morgan fingerprint density at radius 3 is 2.33 bits per heavy atom. The Bertz CT molecular complexity index is 781. The molecule has 8 heteroatoms. The molecule has 0 unspecified atom stereocenters. The number of amides is 2. The molecule has 2 amide bonds. The van der Waals surface area contributed by atoms with Gasteiger partial charge in [-0.05, 0) is 36.4 Å². The number of urea groups is 1. The number of rotatable bonds is 4. The highest BCUT2D eigenvalue weighted by molar-refractivity contribution is 6.34. The first kappa shape index (κ1) is 17.9. The Morgan fingerprint density at radius 1 is 0.958 bits per heavy atom. The third-order valence-electron chi connectivity index (χ3n) is 3.05. The van der Waals surface area contributed by atoms with Crippen LogP contribution in [0.3, 0.4) is 0 Å². The predicted octanol–water partition coefficient (Wildman–Crippen LogP) is 4.43. The van der Waals surface area contributed by atoms with E-state index in [0.29, 0.717) is 16.5 Å². The van der Waals surface area contributed by atoms with Crippen molar-refractivity contribution >= 4 is 46.6 Å². The van der Waals surface area contributed by atoms with E-state index in [1.165, 1.54) is 32.4 Å². The van der Waals surface area contributed by atoms with Gasteiger partial charge in [0.05, 0.1) is 36.2 Å². The molecule has 0 atom stereocenters. The fourth-order valence-electron chi connectivity index (χ4n) is 1.92. The fourth-order valence-corrected chi connectivity index (χ4v) is 2.26. The number of methoxy groups -OCH3 is 2. The Kier molecular flexibility index (Phi) is 5.89. The molecule has 126 valence electrons. The van der Waals surface area contributed by atoms with E-state index in [9.17, 15) is 9.59 Å². The van der Waals surface area contributed by atoms with E-state index < -0.39 is 12.0 Å². The predicted molar refractivity (Wildman–Crippen MR) is 93.4 cm³/mol. The minimum Gasteiger partial charge on any atom is -0.495 e. The van der Waals surface area contributed by atoms with Gasteiger partial charge < -0.3 is 20.1 Å². The van der Waals surface area contributed by atoms with Crippen LogP contribution in [0.4, 0.5) is 16.2 Å². The van der Waals surface area contributed by atoms with Gasteiger partial charge in [-0.1, -0.05) is 23.2 Å². The quantitative estimate of drug-likeness (QED) is 0.782. The van der Waals surface area contributed by atoms with Crippen LogP contribution in [-0.2, 0) is 4.74 Å². The van der Waals surface area contributed by atoms with Crippen molar-refractivity contribution in [1.29, 1.82) is 0 Å². The lowest BCUT2D eigenvalue weighted by Crippen LogP contribution is -2.20. The van der Waals surface area contributed by atoms with Crippen LogP contribution in [0.5, 0.6) is 5.75 Å². The van der Waals surface area contributed by atoms with Crippen LogP contribution in [0.15, 0.2) is 36.4 Å². The van der Waals surface area contributed by atoms with Crippen LogP contribution in [0, 0.1) is 0 Å². The summed E-state index contributed by atoms with van der Waals surface area (Å²) < 4.78 is 9.79. The Labute approximate surface area is 148 Å². The van der Waals surface area contributed by atoms with Crippen molar-refractivity contribution in [2.24, 2.45) is 0 Å². The number of carbonyl (C=O) groups excluding carboxylic acids is 2. The summed E-state index contributed by atoms with van der Waals surface area (Å²) in [5, 5.41) is 5.88. The third kappa shape index (κ3) is 4.31. The third-order valence-corrected chi connectivity index (χ3v) is 3.61. The van der Waals surface area contributed by atoms with E-state index in [0.717, 1.165) is 0 Å². The molecule has 2 aromatic rings. The second-order valence-corrected chi connectivity index (χ2v) is 5.45. The topological polar surface area (TPSA) is 76.7 Å². The van der Waals surface area contributed by atoms with Crippen molar-refractivity contribution < 1.29 is 19.1 Å². The maximum absolute atomic E-state index is 12.2. The zero-order valence-corrected chi connectivity index (χ0v) is 14.4. The van der Waals surface area contributed by atoms with Gasteiger partial charge in [0, 0.05) is 5.02 Å². The molecule has 0 fully saturated rings. The van der Waals surface area contributed by atoms with Crippen LogP contribution >= 0.6 is 23.2 Å².